The Morgan fingerprint density at radius 3 is 2.71 bits per heavy atom. The zero-order valence-corrected chi connectivity index (χ0v) is 11.3. The van der Waals surface area contributed by atoms with Gasteiger partial charge in [0.05, 0.1) is 5.56 Å². The summed E-state index contributed by atoms with van der Waals surface area (Å²) in [6.45, 7) is 2.13. The molecule has 0 saturated carbocycles. The van der Waals surface area contributed by atoms with Crippen LogP contribution in [0.15, 0.2) is 16.7 Å². The second-order valence-corrected chi connectivity index (χ2v) is 5.20. The van der Waals surface area contributed by atoms with Gasteiger partial charge in [-0.25, -0.2) is 4.98 Å². The molecule has 1 unspecified atom stereocenters. The average Bonchev–Trinajstić information content (AvgIpc) is 2.18. The second-order valence-electron chi connectivity index (χ2n) is 3.54. The van der Waals surface area contributed by atoms with Crippen molar-refractivity contribution in [1.82, 2.24) is 4.98 Å². The number of nitrogens with one attached hydrogen (secondary N) is 1. The molecule has 7 heteroatoms. The number of alkyl halides is 4. The predicted molar refractivity (Wildman–Crippen MR) is 65.4 cm³/mol. The van der Waals surface area contributed by atoms with Crippen molar-refractivity contribution in [1.29, 1.82) is 0 Å². The van der Waals surface area contributed by atoms with E-state index in [-0.39, 0.29) is 11.2 Å². The molecule has 1 atom stereocenters. The van der Waals surface area contributed by atoms with Crippen molar-refractivity contribution in [3.63, 3.8) is 0 Å². The van der Waals surface area contributed by atoms with E-state index in [0.29, 0.717) is 17.4 Å². The van der Waals surface area contributed by atoms with Gasteiger partial charge in [0, 0.05) is 22.6 Å². The molecule has 96 valence electrons. The molecule has 1 N–H and O–H groups in total. The molecule has 17 heavy (non-hydrogen) atoms. The maximum atomic E-state index is 12.7. The number of hydrogen-bond acceptors (Lipinski definition) is 2. The molecule has 0 bridgehead atoms. The lowest BCUT2D eigenvalue weighted by Crippen LogP contribution is -2.14. The zero-order chi connectivity index (χ0) is 13.1. The minimum absolute atomic E-state index is 0.0905. The third-order valence-corrected chi connectivity index (χ3v) is 2.65. The van der Waals surface area contributed by atoms with E-state index in [2.05, 4.69) is 26.2 Å². The summed E-state index contributed by atoms with van der Waals surface area (Å²) in [7, 11) is 0. The number of rotatable bonds is 4. The summed E-state index contributed by atoms with van der Waals surface area (Å²) in [5, 5.41) is 2.55. The van der Waals surface area contributed by atoms with E-state index in [0.717, 1.165) is 6.07 Å². The normalized spacial score (nSPS) is 13.5. The van der Waals surface area contributed by atoms with Gasteiger partial charge in [0.2, 0.25) is 0 Å². The third-order valence-electron chi connectivity index (χ3n) is 1.99. The summed E-state index contributed by atoms with van der Waals surface area (Å²) < 4.78 is 38.4. The predicted octanol–water partition coefficient (Wildman–Crippen LogP) is 4.29. The summed E-state index contributed by atoms with van der Waals surface area (Å²) >= 11 is 8.68. The van der Waals surface area contributed by atoms with E-state index < -0.39 is 11.7 Å². The molecule has 0 amide bonds. The van der Waals surface area contributed by atoms with E-state index in [1.165, 1.54) is 6.20 Å². The van der Waals surface area contributed by atoms with Gasteiger partial charge in [0.15, 0.2) is 0 Å². The van der Waals surface area contributed by atoms with Gasteiger partial charge in [-0.3, -0.25) is 0 Å². The highest BCUT2D eigenvalue weighted by Crippen LogP contribution is 2.35. The lowest BCUT2D eigenvalue weighted by Gasteiger charge is -2.14. The number of pyridine rings is 1. The molecule has 2 nitrogen and oxygen atoms in total. The fourth-order valence-corrected chi connectivity index (χ4v) is 1.63. The topological polar surface area (TPSA) is 24.9 Å². The molecular formula is C10H11BrClF3N2. The van der Waals surface area contributed by atoms with Crippen LogP contribution in [0.5, 0.6) is 0 Å². The van der Waals surface area contributed by atoms with Crippen LogP contribution in [0.4, 0.5) is 19.0 Å². The summed E-state index contributed by atoms with van der Waals surface area (Å²) in [4.78, 5) is 3.72. The largest absolute Gasteiger partial charge is 0.419 e. The van der Waals surface area contributed by atoms with Crippen molar-refractivity contribution >= 4 is 33.3 Å². The number of hydrogen-bond donors (Lipinski definition) is 1. The van der Waals surface area contributed by atoms with Gasteiger partial charge in [-0.15, -0.1) is 11.6 Å². The summed E-state index contributed by atoms with van der Waals surface area (Å²) in [5.41, 5.74) is -0.783. The Bertz CT molecular complexity index is 382. The molecular weight excluding hydrogens is 320 g/mol. The van der Waals surface area contributed by atoms with E-state index in [1.54, 1.807) is 6.92 Å². The minimum Gasteiger partial charge on any atom is -0.370 e. The van der Waals surface area contributed by atoms with Gasteiger partial charge in [0.1, 0.15) is 5.82 Å². The minimum atomic E-state index is -4.42. The second kappa shape index (κ2) is 5.91. The first-order chi connectivity index (χ1) is 7.80. The lowest BCUT2D eigenvalue weighted by molar-refractivity contribution is -0.137. The van der Waals surface area contributed by atoms with Crippen molar-refractivity contribution in [2.45, 2.75) is 24.9 Å². The monoisotopic (exact) mass is 330 g/mol. The van der Waals surface area contributed by atoms with Crippen LogP contribution in [0.25, 0.3) is 0 Å². The first kappa shape index (κ1) is 14.6. The van der Waals surface area contributed by atoms with E-state index >= 15 is 0 Å². The summed E-state index contributed by atoms with van der Waals surface area (Å²) in [6.07, 6.45) is -2.54. The van der Waals surface area contributed by atoms with E-state index in [9.17, 15) is 13.2 Å². The van der Waals surface area contributed by atoms with Crippen molar-refractivity contribution in [3.8, 4) is 0 Å². The van der Waals surface area contributed by atoms with Gasteiger partial charge in [0.25, 0.3) is 0 Å². The van der Waals surface area contributed by atoms with Crippen LogP contribution >= 0.6 is 27.5 Å². The molecule has 1 heterocycles. The quantitative estimate of drug-likeness (QED) is 0.832. The zero-order valence-electron chi connectivity index (χ0n) is 8.98. The van der Waals surface area contributed by atoms with Gasteiger partial charge < -0.3 is 5.32 Å². The number of aromatic nitrogens is 1. The Balaban J connectivity index is 2.84. The van der Waals surface area contributed by atoms with Crippen LogP contribution in [-0.4, -0.2) is 16.9 Å². The molecule has 0 aliphatic rings. The highest BCUT2D eigenvalue weighted by Gasteiger charge is 2.34. The van der Waals surface area contributed by atoms with Crippen LogP contribution in [-0.2, 0) is 6.18 Å². The summed E-state index contributed by atoms with van der Waals surface area (Å²) in [5.74, 6) is -0.169. The Morgan fingerprint density at radius 1 is 1.53 bits per heavy atom. The maximum absolute atomic E-state index is 12.7. The molecule has 0 spiro atoms. The first-order valence-corrected chi connectivity index (χ1v) is 6.14. The highest BCUT2D eigenvalue weighted by molar-refractivity contribution is 9.10. The fraction of sp³-hybridized carbons (Fsp3) is 0.500. The van der Waals surface area contributed by atoms with Gasteiger partial charge >= 0.3 is 6.18 Å². The van der Waals surface area contributed by atoms with Gasteiger partial charge in [-0.2, -0.15) is 13.2 Å². The summed E-state index contributed by atoms with van der Waals surface area (Å²) in [6, 6.07) is 0.999. The molecule has 1 aromatic heterocycles. The third kappa shape index (κ3) is 4.71. The smallest absolute Gasteiger partial charge is 0.370 e. The van der Waals surface area contributed by atoms with Gasteiger partial charge in [-0.05, 0) is 35.3 Å². The Hall–Kier alpha value is -0.490. The number of halogens is 5. The molecule has 0 aliphatic carbocycles. The van der Waals surface area contributed by atoms with Crippen LogP contribution < -0.4 is 5.32 Å². The molecule has 1 rings (SSSR count). The van der Waals surface area contributed by atoms with Crippen LogP contribution in [0.3, 0.4) is 0 Å². The molecule has 0 saturated heterocycles. The Kier molecular flexibility index (Phi) is 5.06. The number of nitrogens with zero attached hydrogens (tertiary/aromatic N) is 1. The molecule has 0 radical (unpaired) electrons. The van der Waals surface area contributed by atoms with Crippen LogP contribution in [0.2, 0.25) is 0 Å². The van der Waals surface area contributed by atoms with Crippen molar-refractivity contribution < 1.29 is 13.2 Å². The molecule has 1 aromatic rings. The molecule has 0 fully saturated rings. The molecule has 0 aromatic carbocycles. The average molecular weight is 332 g/mol. The number of anilines is 1. The Labute approximate surface area is 111 Å². The lowest BCUT2D eigenvalue weighted by atomic mass is 10.2. The standard InChI is InChI=1S/C10H11BrClF3N2/c1-6(12)2-3-16-9-8(10(13,14)15)4-7(11)5-17-9/h4-6H,2-3H2,1H3,(H,16,17). The SMILES string of the molecule is CC(Cl)CCNc1ncc(Br)cc1C(F)(F)F. The van der Waals surface area contributed by atoms with Crippen LogP contribution in [0, 0.1) is 0 Å². The fourth-order valence-electron chi connectivity index (χ4n) is 1.19. The maximum Gasteiger partial charge on any atom is 0.419 e. The van der Waals surface area contributed by atoms with Gasteiger partial charge in [-0.1, -0.05) is 0 Å². The van der Waals surface area contributed by atoms with Crippen molar-refractivity contribution in [2.75, 3.05) is 11.9 Å². The highest BCUT2D eigenvalue weighted by atomic mass is 79.9. The van der Waals surface area contributed by atoms with Crippen LogP contribution in [0.1, 0.15) is 18.9 Å². The first-order valence-electron chi connectivity index (χ1n) is 4.91. The molecule has 0 aliphatic heterocycles. The van der Waals surface area contributed by atoms with Crippen molar-refractivity contribution in [2.24, 2.45) is 0 Å². The van der Waals surface area contributed by atoms with Crippen molar-refractivity contribution in [3.05, 3.63) is 22.3 Å². The van der Waals surface area contributed by atoms with E-state index in [1.807, 2.05) is 0 Å². The van der Waals surface area contributed by atoms with E-state index in [4.69, 9.17) is 11.6 Å². The Morgan fingerprint density at radius 2 is 2.18 bits per heavy atom.